The van der Waals surface area contributed by atoms with Gasteiger partial charge >= 0.3 is 5.97 Å². The van der Waals surface area contributed by atoms with Crippen LogP contribution in [0.25, 0.3) is 11.6 Å². The number of benzene rings is 2. The van der Waals surface area contributed by atoms with Gasteiger partial charge in [-0.3, -0.25) is 0 Å². The maximum atomic E-state index is 12.9. The predicted octanol–water partition coefficient (Wildman–Crippen LogP) is 5.99. The van der Waals surface area contributed by atoms with Crippen LogP contribution in [0.15, 0.2) is 60.7 Å². The van der Waals surface area contributed by atoms with Crippen molar-refractivity contribution in [3.63, 3.8) is 0 Å². The first kappa shape index (κ1) is 19.0. The molecule has 0 aromatic heterocycles. The molecular weight excluding hydrogens is 308 g/mol. The van der Waals surface area contributed by atoms with E-state index >= 15 is 0 Å². The summed E-state index contributed by atoms with van der Waals surface area (Å²) in [7, 11) is 0. The Hall–Kier alpha value is -2.35. The Kier molecular flexibility index (Phi) is 7.46. The molecular formula is C23H28O2. The van der Waals surface area contributed by atoms with Gasteiger partial charge in [-0.15, -0.1) is 0 Å². The molecule has 0 bridgehead atoms. The zero-order valence-corrected chi connectivity index (χ0v) is 15.4. The highest BCUT2D eigenvalue weighted by molar-refractivity contribution is 6.21. The molecule has 0 N–H and O–H groups in total. The molecule has 0 saturated heterocycles. The quantitative estimate of drug-likeness (QED) is 0.336. The zero-order chi connectivity index (χ0) is 18.1. The lowest BCUT2D eigenvalue weighted by molar-refractivity contribution is -0.142. The second-order valence-corrected chi connectivity index (χ2v) is 6.74. The largest absolute Gasteiger partial charge is 0.459 e. The van der Waals surface area contributed by atoms with Gasteiger partial charge < -0.3 is 4.74 Å². The molecule has 0 spiro atoms. The van der Waals surface area contributed by atoms with Gasteiger partial charge in [-0.25, -0.2) is 4.79 Å². The molecule has 2 rings (SSSR count). The summed E-state index contributed by atoms with van der Waals surface area (Å²) in [5.74, 6) is 0.367. The molecule has 2 heteroatoms. The van der Waals surface area contributed by atoms with Gasteiger partial charge in [-0.05, 0) is 42.4 Å². The van der Waals surface area contributed by atoms with Crippen LogP contribution in [0.5, 0.6) is 0 Å². The first-order valence-corrected chi connectivity index (χ1v) is 9.13. The van der Waals surface area contributed by atoms with E-state index in [1.54, 1.807) is 0 Å². The molecule has 132 valence electrons. The smallest absolute Gasteiger partial charge is 0.339 e. The molecule has 1 atom stereocenters. The lowest BCUT2D eigenvalue weighted by Crippen LogP contribution is -2.19. The van der Waals surface area contributed by atoms with Crippen molar-refractivity contribution in [2.24, 2.45) is 5.92 Å². The van der Waals surface area contributed by atoms with Crippen molar-refractivity contribution in [1.29, 1.82) is 0 Å². The summed E-state index contributed by atoms with van der Waals surface area (Å²) < 4.78 is 5.83. The van der Waals surface area contributed by atoms with E-state index in [1.165, 1.54) is 0 Å². The van der Waals surface area contributed by atoms with E-state index in [0.29, 0.717) is 11.5 Å². The summed E-state index contributed by atoms with van der Waals surface area (Å²) in [5, 5.41) is 0. The Balaban J connectivity index is 2.23. The monoisotopic (exact) mass is 336 g/mol. The average Bonchev–Trinajstić information content (AvgIpc) is 2.64. The molecule has 0 heterocycles. The summed E-state index contributed by atoms with van der Waals surface area (Å²) in [5.41, 5.74) is 2.48. The number of hydrogen-bond donors (Lipinski definition) is 0. The van der Waals surface area contributed by atoms with E-state index in [0.717, 1.165) is 30.4 Å². The van der Waals surface area contributed by atoms with Crippen LogP contribution in [0.4, 0.5) is 0 Å². The van der Waals surface area contributed by atoms with Gasteiger partial charge in [0.05, 0.1) is 5.57 Å². The predicted molar refractivity (Wildman–Crippen MR) is 105 cm³/mol. The Morgan fingerprint density at radius 1 is 0.960 bits per heavy atom. The van der Waals surface area contributed by atoms with Crippen LogP contribution in [0.3, 0.4) is 0 Å². The highest BCUT2D eigenvalue weighted by Crippen LogP contribution is 2.22. The Morgan fingerprint density at radius 3 is 2.12 bits per heavy atom. The minimum absolute atomic E-state index is 0.0298. The molecule has 0 aliphatic carbocycles. The Labute approximate surface area is 151 Å². The first-order chi connectivity index (χ1) is 12.1. The third kappa shape index (κ3) is 6.22. The van der Waals surface area contributed by atoms with Gasteiger partial charge in [0.1, 0.15) is 6.10 Å². The number of rotatable bonds is 8. The van der Waals surface area contributed by atoms with E-state index in [1.807, 2.05) is 66.7 Å². The van der Waals surface area contributed by atoms with Crippen molar-refractivity contribution in [3.05, 3.63) is 71.8 Å². The summed E-state index contributed by atoms with van der Waals surface area (Å²) in [6, 6.07) is 19.6. The standard InChI is InChI=1S/C23H28O2/c1-4-21(16-15-18(2)3)25-23(24)22(20-13-9-6-10-14-20)17-19-11-7-5-8-12-19/h5-14,17-18,21H,4,15-16H2,1-3H3. The van der Waals surface area contributed by atoms with Crippen molar-refractivity contribution in [1.82, 2.24) is 0 Å². The summed E-state index contributed by atoms with van der Waals surface area (Å²) in [6.45, 7) is 6.46. The molecule has 1 unspecified atom stereocenters. The van der Waals surface area contributed by atoms with Gasteiger partial charge in [-0.2, -0.15) is 0 Å². The third-order valence-corrected chi connectivity index (χ3v) is 4.21. The molecule has 2 nitrogen and oxygen atoms in total. The highest BCUT2D eigenvalue weighted by atomic mass is 16.5. The lowest BCUT2D eigenvalue weighted by Gasteiger charge is -2.18. The molecule has 2 aromatic carbocycles. The van der Waals surface area contributed by atoms with Gasteiger partial charge in [-0.1, -0.05) is 81.4 Å². The molecule has 0 amide bonds. The number of esters is 1. The number of carbonyl (C=O) groups is 1. The molecule has 0 fully saturated rings. The van der Waals surface area contributed by atoms with E-state index in [2.05, 4.69) is 20.8 Å². The fraction of sp³-hybridized carbons (Fsp3) is 0.348. The van der Waals surface area contributed by atoms with E-state index in [9.17, 15) is 4.79 Å². The molecule has 0 aliphatic heterocycles. The van der Waals surface area contributed by atoms with Crippen LogP contribution in [0, 0.1) is 5.92 Å². The second kappa shape index (κ2) is 9.83. The van der Waals surface area contributed by atoms with Crippen LogP contribution in [0.1, 0.15) is 51.2 Å². The molecule has 0 aliphatic rings. The fourth-order valence-corrected chi connectivity index (χ4v) is 2.67. The Morgan fingerprint density at radius 2 is 1.56 bits per heavy atom. The Bertz CT molecular complexity index is 672. The molecule has 2 aromatic rings. The van der Waals surface area contributed by atoms with Crippen LogP contribution in [0.2, 0.25) is 0 Å². The van der Waals surface area contributed by atoms with E-state index in [4.69, 9.17) is 4.74 Å². The van der Waals surface area contributed by atoms with Crippen LogP contribution in [-0.4, -0.2) is 12.1 Å². The van der Waals surface area contributed by atoms with Gasteiger partial charge in [0.25, 0.3) is 0 Å². The average molecular weight is 336 g/mol. The zero-order valence-electron chi connectivity index (χ0n) is 15.4. The maximum Gasteiger partial charge on any atom is 0.339 e. The molecule has 0 saturated carbocycles. The van der Waals surface area contributed by atoms with E-state index in [-0.39, 0.29) is 12.1 Å². The SMILES string of the molecule is CCC(CCC(C)C)OC(=O)C(=Cc1ccccc1)c1ccccc1. The fourth-order valence-electron chi connectivity index (χ4n) is 2.67. The van der Waals surface area contributed by atoms with Crippen molar-refractivity contribution in [2.45, 2.75) is 46.1 Å². The van der Waals surface area contributed by atoms with Crippen LogP contribution < -0.4 is 0 Å². The topological polar surface area (TPSA) is 26.3 Å². The molecule has 25 heavy (non-hydrogen) atoms. The lowest BCUT2D eigenvalue weighted by atomic mass is 10.0. The third-order valence-electron chi connectivity index (χ3n) is 4.21. The minimum atomic E-state index is -0.245. The van der Waals surface area contributed by atoms with Gasteiger partial charge in [0.15, 0.2) is 0 Å². The highest BCUT2D eigenvalue weighted by Gasteiger charge is 2.18. The van der Waals surface area contributed by atoms with Crippen molar-refractivity contribution in [2.75, 3.05) is 0 Å². The number of hydrogen-bond acceptors (Lipinski definition) is 2. The van der Waals surface area contributed by atoms with Gasteiger partial charge in [0, 0.05) is 0 Å². The number of carbonyl (C=O) groups excluding carboxylic acids is 1. The van der Waals surface area contributed by atoms with Crippen molar-refractivity contribution in [3.8, 4) is 0 Å². The summed E-state index contributed by atoms with van der Waals surface area (Å²) in [4.78, 5) is 12.9. The second-order valence-electron chi connectivity index (χ2n) is 6.74. The van der Waals surface area contributed by atoms with Crippen LogP contribution in [-0.2, 0) is 9.53 Å². The minimum Gasteiger partial charge on any atom is -0.459 e. The maximum absolute atomic E-state index is 12.9. The van der Waals surface area contributed by atoms with Crippen LogP contribution >= 0.6 is 0 Å². The number of ether oxygens (including phenoxy) is 1. The molecule has 0 radical (unpaired) electrons. The summed E-state index contributed by atoms with van der Waals surface area (Å²) >= 11 is 0. The normalized spacial score (nSPS) is 12.9. The van der Waals surface area contributed by atoms with E-state index < -0.39 is 0 Å². The van der Waals surface area contributed by atoms with Crippen molar-refractivity contribution >= 4 is 17.6 Å². The summed E-state index contributed by atoms with van der Waals surface area (Å²) in [6.07, 6.45) is 4.69. The first-order valence-electron chi connectivity index (χ1n) is 9.13. The van der Waals surface area contributed by atoms with Crippen molar-refractivity contribution < 1.29 is 9.53 Å². The van der Waals surface area contributed by atoms with Gasteiger partial charge in [0.2, 0.25) is 0 Å².